The fourth-order valence-corrected chi connectivity index (χ4v) is 5.92. The summed E-state index contributed by atoms with van der Waals surface area (Å²) < 4.78 is 11.3. The van der Waals surface area contributed by atoms with Crippen LogP contribution in [0.2, 0.25) is 10.0 Å². The number of anilines is 2. The van der Waals surface area contributed by atoms with Gasteiger partial charge in [-0.1, -0.05) is 48.3 Å². The van der Waals surface area contributed by atoms with Gasteiger partial charge in [-0.3, -0.25) is 14.6 Å². The molecular formula is C40H43Cl2N7O5. The van der Waals surface area contributed by atoms with E-state index >= 15 is 0 Å². The van der Waals surface area contributed by atoms with Crippen LogP contribution in [0.3, 0.4) is 0 Å². The maximum absolute atomic E-state index is 12.9. The molecule has 282 valence electrons. The molecule has 1 heterocycles. The fraction of sp³-hybridized carbons (Fsp3) is 0.275. The van der Waals surface area contributed by atoms with E-state index in [1.54, 1.807) is 66.7 Å². The van der Waals surface area contributed by atoms with Crippen LogP contribution in [0.4, 0.5) is 11.4 Å². The summed E-state index contributed by atoms with van der Waals surface area (Å²) in [5.41, 5.74) is 3.36. The van der Waals surface area contributed by atoms with Gasteiger partial charge in [0.1, 0.15) is 17.4 Å². The van der Waals surface area contributed by atoms with Gasteiger partial charge in [0.25, 0.3) is 11.8 Å². The van der Waals surface area contributed by atoms with Crippen LogP contribution < -0.4 is 21.3 Å². The highest BCUT2D eigenvalue weighted by Gasteiger charge is 2.22. The number of hydrogen-bond acceptors (Lipinski definition) is 9. The van der Waals surface area contributed by atoms with Crippen molar-refractivity contribution >= 4 is 64.0 Å². The van der Waals surface area contributed by atoms with Crippen LogP contribution in [0.25, 0.3) is 0 Å². The van der Waals surface area contributed by atoms with Crippen molar-refractivity contribution in [2.24, 2.45) is 20.9 Å². The van der Waals surface area contributed by atoms with E-state index in [0.717, 1.165) is 17.7 Å². The van der Waals surface area contributed by atoms with Crippen molar-refractivity contribution in [2.75, 3.05) is 50.2 Å². The van der Waals surface area contributed by atoms with E-state index in [-0.39, 0.29) is 30.0 Å². The first-order valence-electron chi connectivity index (χ1n) is 17.6. The first-order valence-corrected chi connectivity index (χ1v) is 18.4. The molecule has 0 aromatic heterocycles. The first kappa shape index (κ1) is 39.9. The molecule has 54 heavy (non-hydrogen) atoms. The number of guanidine groups is 1. The average Bonchev–Trinajstić information content (AvgIpc) is 3.33. The molecule has 1 unspecified atom stereocenters. The topological polar surface area (TPSA) is 158 Å². The van der Waals surface area contributed by atoms with Gasteiger partial charge >= 0.3 is 0 Å². The Morgan fingerprint density at radius 3 is 2.11 bits per heavy atom. The summed E-state index contributed by atoms with van der Waals surface area (Å²) in [6.45, 7) is 4.70. The summed E-state index contributed by atoms with van der Waals surface area (Å²) in [5, 5.41) is 23.2. The Morgan fingerprint density at radius 1 is 0.778 bits per heavy atom. The molecule has 0 fully saturated rings. The van der Waals surface area contributed by atoms with Gasteiger partial charge in [0, 0.05) is 58.0 Å². The number of aliphatic imine (C=N–C) groups is 3. The number of carbonyl (C=O) groups excluding carboxylic acids is 2. The summed E-state index contributed by atoms with van der Waals surface area (Å²) in [6, 6.07) is 28.0. The number of benzene rings is 4. The second kappa shape index (κ2) is 20.8. The lowest BCUT2D eigenvalue weighted by molar-refractivity contribution is 0.0512. The molecule has 12 nitrogen and oxygen atoms in total. The standard InChI is InChI=1S/C40H43Cl2N7O5/c1-2-28-24-36(43-16-18-53-20-21-54-19-17-44-38(51)29-6-4-3-5-7-29)48-40(47-34-12-14-35(50)15-13-34)49-37(28)46-33-10-8-30(9-11-33)39(52)45-26-27-22-31(41)25-32(42)23-27/h3-15,22-23,25,28,50H,2,16-21,24,26H2,1H3,(H,44,51)(H,45,52)(H2,43,46,47,48,49). The molecule has 0 saturated heterocycles. The molecule has 14 heteroatoms. The molecule has 0 spiro atoms. The molecule has 5 rings (SSSR count). The smallest absolute Gasteiger partial charge is 0.251 e. The van der Waals surface area contributed by atoms with E-state index in [9.17, 15) is 14.7 Å². The predicted octanol–water partition coefficient (Wildman–Crippen LogP) is 7.20. The first-order chi connectivity index (χ1) is 26.2. The van der Waals surface area contributed by atoms with E-state index < -0.39 is 0 Å². The van der Waals surface area contributed by atoms with E-state index in [1.165, 1.54) is 0 Å². The van der Waals surface area contributed by atoms with Crippen LogP contribution in [-0.4, -0.2) is 74.1 Å². The van der Waals surface area contributed by atoms with Crippen molar-refractivity contribution in [3.05, 3.63) is 124 Å². The van der Waals surface area contributed by atoms with Crippen LogP contribution in [-0.2, 0) is 16.0 Å². The lowest BCUT2D eigenvalue weighted by atomic mass is 10.00. The van der Waals surface area contributed by atoms with Crippen molar-refractivity contribution in [3.8, 4) is 5.75 Å². The number of halogens is 2. The minimum absolute atomic E-state index is 0.0317. The number of hydrogen-bond donors (Lipinski definition) is 5. The van der Waals surface area contributed by atoms with Crippen molar-refractivity contribution in [1.82, 2.24) is 10.6 Å². The number of amides is 2. The minimum atomic E-state index is -0.231. The highest BCUT2D eigenvalue weighted by atomic mass is 35.5. The Labute approximate surface area is 324 Å². The largest absolute Gasteiger partial charge is 0.508 e. The van der Waals surface area contributed by atoms with Crippen LogP contribution >= 0.6 is 23.2 Å². The lowest BCUT2D eigenvalue weighted by Crippen LogP contribution is -2.27. The van der Waals surface area contributed by atoms with Gasteiger partial charge in [0.15, 0.2) is 0 Å². The number of nitrogens with zero attached hydrogens (tertiary/aromatic N) is 3. The van der Waals surface area contributed by atoms with Gasteiger partial charge in [0.05, 0.1) is 33.0 Å². The molecule has 4 aromatic carbocycles. The zero-order valence-electron chi connectivity index (χ0n) is 29.9. The molecule has 1 aliphatic rings. The third-order valence-electron chi connectivity index (χ3n) is 8.16. The van der Waals surface area contributed by atoms with Gasteiger partial charge in [-0.05, 0) is 90.8 Å². The minimum Gasteiger partial charge on any atom is -0.508 e. The van der Waals surface area contributed by atoms with Crippen molar-refractivity contribution in [1.29, 1.82) is 0 Å². The molecule has 0 saturated carbocycles. The number of phenols is 1. The van der Waals surface area contributed by atoms with Crippen molar-refractivity contribution in [3.63, 3.8) is 0 Å². The Balaban J connectivity index is 1.14. The Hall–Kier alpha value is -5.27. The molecule has 0 radical (unpaired) electrons. The van der Waals surface area contributed by atoms with Gasteiger partial charge in [-0.15, -0.1) is 0 Å². The van der Waals surface area contributed by atoms with E-state index in [0.29, 0.717) is 90.4 Å². The van der Waals surface area contributed by atoms with Gasteiger partial charge in [-0.2, -0.15) is 9.98 Å². The average molecular weight is 773 g/mol. The zero-order valence-corrected chi connectivity index (χ0v) is 31.4. The van der Waals surface area contributed by atoms with Crippen molar-refractivity contribution in [2.45, 2.75) is 26.3 Å². The van der Waals surface area contributed by atoms with Crippen LogP contribution in [0.15, 0.2) is 112 Å². The summed E-state index contributed by atoms with van der Waals surface area (Å²) in [5.74, 6) is 1.39. The van der Waals surface area contributed by atoms with Gasteiger partial charge < -0.3 is 35.8 Å². The second-order valence-corrected chi connectivity index (χ2v) is 13.1. The normalized spacial score (nSPS) is 14.8. The summed E-state index contributed by atoms with van der Waals surface area (Å²) >= 11 is 12.2. The van der Waals surface area contributed by atoms with Crippen LogP contribution in [0.5, 0.6) is 5.75 Å². The quantitative estimate of drug-likeness (QED) is 0.0596. The molecule has 1 atom stereocenters. The Morgan fingerprint density at radius 2 is 1.41 bits per heavy atom. The lowest BCUT2D eigenvalue weighted by Gasteiger charge is -2.18. The molecule has 4 aromatic rings. The third kappa shape index (κ3) is 13.0. The van der Waals surface area contributed by atoms with E-state index in [4.69, 9.17) is 47.7 Å². The fourth-order valence-electron chi connectivity index (χ4n) is 5.35. The maximum Gasteiger partial charge on any atom is 0.251 e. The number of rotatable bonds is 16. The van der Waals surface area contributed by atoms with E-state index in [1.807, 2.05) is 30.3 Å². The number of amidine groups is 2. The van der Waals surface area contributed by atoms with Gasteiger partial charge in [0.2, 0.25) is 5.96 Å². The number of nitrogens with one attached hydrogen (secondary N) is 4. The van der Waals surface area contributed by atoms with Crippen molar-refractivity contribution < 1.29 is 24.2 Å². The number of carbonyl (C=O) groups is 2. The summed E-state index contributed by atoms with van der Waals surface area (Å²) in [4.78, 5) is 39.4. The number of aromatic hydroxyl groups is 1. The molecule has 5 N–H and O–H groups in total. The molecule has 2 amide bonds. The molecule has 0 aliphatic carbocycles. The Kier molecular flexibility index (Phi) is 15.4. The zero-order chi connectivity index (χ0) is 38.1. The third-order valence-corrected chi connectivity index (χ3v) is 8.59. The molecule has 1 aliphatic heterocycles. The molecule has 0 bridgehead atoms. The molecular weight excluding hydrogens is 729 g/mol. The SMILES string of the molecule is CCC1CC(=NCCOCCOCCNC(=O)c2ccccc2)N=C(Nc2ccc(O)cc2)N=C1Nc1ccc(C(=O)NCc2cc(Cl)cc(Cl)c2)cc1. The highest BCUT2D eigenvalue weighted by molar-refractivity contribution is 6.34. The monoisotopic (exact) mass is 771 g/mol. The summed E-state index contributed by atoms with van der Waals surface area (Å²) in [6.07, 6.45) is 1.30. The maximum atomic E-state index is 12.9. The highest BCUT2D eigenvalue weighted by Crippen LogP contribution is 2.22. The van der Waals surface area contributed by atoms with Crippen LogP contribution in [0.1, 0.15) is 46.0 Å². The second-order valence-electron chi connectivity index (χ2n) is 12.2. The predicted molar refractivity (Wildman–Crippen MR) is 215 cm³/mol. The number of phenolic OH excluding ortho intramolecular Hbond substituents is 1. The van der Waals surface area contributed by atoms with E-state index in [2.05, 4.69) is 28.2 Å². The Bertz CT molecular complexity index is 1920. The summed E-state index contributed by atoms with van der Waals surface area (Å²) in [7, 11) is 0. The van der Waals surface area contributed by atoms with Gasteiger partial charge in [-0.25, -0.2) is 0 Å². The number of ether oxygens (including phenoxy) is 2. The van der Waals surface area contributed by atoms with Crippen LogP contribution in [0, 0.1) is 5.92 Å².